The smallest absolute Gasteiger partial charge is 0.258 e. The van der Waals surface area contributed by atoms with Crippen LogP contribution in [0.3, 0.4) is 0 Å². The Balaban J connectivity index is 2.04. The zero-order valence-corrected chi connectivity index (χ0v) is 13.9. The molecular weight excluding hydrogens is 305 g/mol. The molecule has 124 valence electrons. The Bertz CT molecular complexity index is 783. The van der Waals surface area contributed by atoms with Gasteiger partial charge in [-0.3, -0.25) is 9.59 Å². The molecule has 1 unspecified atom stereocenters. The first kappa shape index (κ1) is 16.4. The molecule has 0 bridgehead atoms. The van der Waals surface area contributed by atoms with Crippen LogP contribution in [-0.2, 0) is 6.42 Å². The van der Waals surface area contributed by atoms with Gasteiger partial charge < -0.3 is 4.90 Å². The normalized spacial score (nSPS) is 16.9. The van der Waals surface area contributed by atoms with Crippen LogP contribution in [0, 0.1) is 5.82 Å². The van der Waals surface area contributed by atoms with E-state index in [0.29, 0.717) is 23.2 Å². The number of amides is 1. The summed E-state index contributed by atoms with van der Waals surface area (Å²) >= 11 is 0. The molecule has 2 aromatic carbocycles. The number of ketones is 1. The van der Waals surface area contributed by atoms with Crippen molar-refractivity contribution in [3.63, 3.8) is 0 Å². The minimum absolute atomic E-state index is 0.110. The zero-order valence-electron chi connectivity index (χ0n) is 13.9. The van der Waals surface area contributed by atoms with E-state index in [4.69, 9.17) is 0 Å². The third-order valence-electron chi connectivity index (χ3n) is 4.60. The number of benzene rings is 2. The van der Waals surface area contributed by atoms with Crippen LogP contribution < -0.4 is 4.90 Å². The second kappa shape index (κ2) is 6.56. The number of Topliss-reactive ketones (excluding diaryl/α,β-unsaturated/α-hetero) is 1. The summed E-state index contributed by atoms with van der Waals surface area (Å²) in [6.45, 7) is 4.01. The SMILES string of the molecule is CCc1ccc(C(=O)N2c3ccc(F)cc3C(=O)CC2CC)cc1. The van der Waals surface area contributed by atoms with Crippen LogP contribution in [0.15, 0.2) is 42.5 Å². The van der Waals surface area contributed by atoms with Crippen LogP contribution in [0.25, 0.3) is 0 Å². The van der Waals surface area contributed by atoms with Gasteiger partial charge in [-0.05, 0) is 48.7 Å². The molecule has 1 amide bonds. The van der Waals surface area contributed by atoms with Crippen molar-refractivity contribution in [1.82, 2.24) is 0 Å². The second-order valence-corrected chi connectivity index (χ2v) is 6.08. The van der Waals surface area contributed by atoms with Gasteiger partial charge in [0.2, 0.25) is 0 Å². The number of aryl methyl sites for hydroxylation is 1. The summed E-state index contributed by atoms with van der Waals surface area (Å²) < 4.78 is 13.5. The fraction of sp³-hybridized carbons (Fsp3) is 0.300. The maximum Gasteiger partial charge on any atom is 0.258 e. The molecule has 0 N–H and O–H groups in total. The number of fused-ring (bicyclic) bond motifs is 1. The largest absolute Gasteiger partial charge is 0.304 e. The Hall–Kier alpha value is -2.49. The average Bonchev–Trinajstić information content (AvgIpc) is 2.61. The Morgan fingerprint density at radius 3 is 2.50 bits per heavy atom. The molecule has 3 rings (SSSR count). The summed E-state index contributed by atoms with van der Waals surface area (Å²) in [7, 11) is 0. The molecule has 4 heteroatoms. The predicted octanol–water partition coefficient (Wildman–Crippen LogP) is 4.40. The molecule has 24 heavy (non-hydrogen) atoms. The first-order chi connectivity index (χ1) is 11.5. The van der Waals surface area contributed by atoms with E-state index in [1.807, 2.05) is 31.2 Å². The lowest BCUT2D eigenvalue weighted by molar-refractivity contribution is 0.0930. The summed E-state index contributed by atoms with van der Waals surface area (Å²) in [6, 6.07) is 11.4. The van der Waals surface area contributed by atoms with Crippen LogP contribution in [-0.4, -0.2) is 17.7 Å². The monoisotopic (exact) mass is 325 g/mol. The summed E-state index contributed by atoms with van der Waals surface area (Å²) in [4.78, 5) is 27.0. The predicted molar refractivity (Wildman–Crippen MR) is 92.1 cm³/mol. The fourth-order valence-corrected chi connectivity index (χ4v) is 3.18. The Labute approximate surface area is 141 Å². The molecular formula is C20H20FNO2. The number of hydrogen-bond donors (Lipinski definition) is 0. The van der Waals surface area contributed by atoms with Crippen LogP contribution in [0.5, 0.6) is 0 Å². The van der Waals surface area contributed by atoms with E-state index in [1.165, 1.54) is 18.2 Å². The van der Waals surface area contributed by atoms with Crippen LogP contribution in [0.2, 0.25) is 0 Å². The van der Waals surface area contributed by atoms with Gasteiger partial charge in [0.05, 0.1) is 5.69 Å². The van der Waals surface area contributed by atoms with E-state index in [0.717, 1.165) is 12.0 Å². The number of carbonyl (C=O) groups excluding carboxylic acids is 2. The van der Waals surface area contributed by atoms with E-state index in [1.54, 1.807) is 4.90 Å². The molecule has 0 spiro atoms. The molecule has 0 saturated heterocycles. The van der Waals surface area contributed by atoms with Gasteiger partial charge in [0.25, 0.3) is 5.91 Å². The van der Waals surface area contributed by atoms with Crippen molar-refractivity contribution in [2.24, 2.45) is 0 Å². The van der Waals surface area contributed by atoms with Crippen molar-refractivity contribution in [3.8, 4) is 0 Å². The Morgan fingerprint density at radius 2 is 1.88 bits per heavy atom. The topological polar surface area (TPSA) is 37.4 Å². The molecule has 0 fully saturated rings. The molecule has 1 atom stereocenters. The lowest BCUT2D eigenvalue weighted by Crippen LogP contribution is -2.45. The Morgan fingerprint density at radius 1 is 1.17 bits per heavy atom. The molecule has 0 aromatic heterocycles. The van der Waals surface area contributed by atoms with Gasteiger partial charge in [-0.25, -0.2) is 4.39 Å². The van der Waals surface area contributed by atoms with Crippen molar-refractivity contribution in [1.29, 1.82) is 0 Å². The van der Waals surface area contributed by atoms with Gasteiger partial charge in [-0.1, -0.05) is 26.0 Å². The third-order valence-corrected chi connectivity index (χ3v) is 4.60. The van der Waals surface area contributed by atoms with Crippen molar-refractivity contribution in [3.05, 3.63) is 65.0 Å². The van der Waals surface area contributed by atoms with Gasteiger partial charge in [-0.15, -0.1) is 0 Å². The third kappa shape index (κ3) is 2.84. The summed E-state index contributed by atoms with van der Waals surface area (Å²) in [5, 5.41) is 0. The van der Waals surface area contributed by atoms with Crippen molar-refractivity contribution in [2.75, 3.05) is 4.90 Å². The summed E-state index contributed by atoms with van der Waals surface area (Å²) in [5.41, 5.74) is 2.53. The summed E-state index contributed by atoms with van der Waals surface area (Å²) in [5.74, 6) is -0.719. The second-order valence-electron chi connectivity index (χ2n) is 6.08. The lowest BCUT2D eigenvalue weighted by Gasteiger charge is -2.36. The summed E-state index contributed by atoms with van der Waals surface area (Å²) in [6.07, 6.45) is 1.81. The number of halogens is 1. The number of hydrogen-bond acceptors (Lipinski definition) is 2. The van der Waals surface area contributed by atoms with E-state index >= 15 is 0 Å². The minimum Gasteiger partial charge on any atom is -0.304 e. The molecule has 0 saturated carbocycles. The zero-order chi connectivity index (χ0) is 17.3. The minimum atomic E-state index is -0.461. The lowest BCUT2D eigenvalue weighted by atomic mass is 9.92. The molecule has 1 aliphatic rings. The maximum atomic E-state index is 13.5. The highest BCUT2D eigenvalue weighted by Gasteiger charge is 2.34. The molecule has 2 aromatic rings. The average molecular weight is 325 g/mol. The van der Waals surface area contributed by atoms with E-state index in [9.17, 15) is 14.0 Å². The van der Waals surface area contributed by atoms with Crippen LogP contribution in [0.1, 0.15) is 53.0 Å². The first-order valence-corrected chi connectivity index (χ1v) is 8.30. The van der Waals surface area contributed by atoms with Crippen molar-refractivity contribution >= 4 is 17.4 Å². The highest BCUT2D eigenvalue weighted by molar-refractivity contribution is 6.14. The highest BCUT2D eigenvalue weighted by atomic mass is 19.1. The molecule has 1 aliphatic heterocycles. The van der Waals surface area contributed by atoms with Gasteiger partial charge in [0, 0.05) is 23.6 Å². The van der Waals surface area contributed by atoms with Crippen LogP contribution in [0.4, 0.5) is 10.1 Å². The number of rotatable bonds is 3. The molecule has 0 radical (unpaired) electrons. The maximum absolute atomic E-state index is 13.5. The number of carbonyl (C=O) groups is 2. The van der Waals surface area contributed by atoms with E-state index < -0.39 is 5.82 Å². The van der Waals surface area contributed by atoms with Gasteiger partial charge >= 0.3 is 0 Å². The van der Waals surface area contributed by atoms with Gasteiger partial charge in [-0.2, -0.15) is 0 Å². The van der Waals surface area contributed by atoms with Crippen LogP contribution >= 0.6 is 0 Å². The van der Waals surface area contributed by atoms with Crippen molar-refractivity contribution in [2.45, 2.75) is 39.2 Å². The van der Waals surface area contributed by atoms with E-state index in [2.05, 4.69) is 6.92 Å². The van der Waals surface area contributed by atoms with Gasteiger partial charge in [0.1, 0.15) is 5.82 Å². The fourth-order valence-electron chi connectivity index (χ4n) is 3.18. The Kier molecular flexibility index (Phi) is 4.47. The number of nitrogens with zero attached hydrogens (tertiary/aromatic N) is 1. The molecule has 3 nitrogen and oxygen atoms in total. The van der Waals surface area contributed by atoms with Crippen molar-refractivity contribution < 1.29 is 14.0 Å². The standard InChI is InChI=1S/C20H20FNO2/c1-3-13-5-7-14(8-6-13)20(24)22-16(4-2)12-19(23)17-11-15(21)9-10-18(17)22/h5-11,16H,3-4,12H2,1-2H3. The van der Waals surface area contributed by atoms with E-state index in [-0.39, 0.29) is 24.2 Å². The molecule has 0 aliphatic carbocycles. The first-order valence-electron chi connectivity index (χ1n) is 8.30. The quantitative estimate of drug-likeness (QED) is 0.839. The molecule has 1 heterocycles. The van der Waals surface area contributed by atoms with Gasteiger partial charge in [0.15, 0.2) is 5.78 Å². The highest BCUT2D eigenvalue weighted by Crippen LogP contribution is 2.33. The number of anilines is 1.